The number of benzene rings is 2. The summed E-state index contributed by atoms with van der Waals surface area (Å²) in [7, 11) is -3.75. The average molecular weight is 408 g/mol. The van der Waals surface area contributed by atoms with Crippen molar-refractivity contribution in [1.82, 2.24) is 5.32 Å². The first-order valence-corrected chi connectivity index (χ1v) is 10.8. The normalized spacial score (nSPS) is 12.3. The molecule has 2 rings (SSSR count). The van der Waals surface area contributed by atoms with E-state index in [0.717, 1.165) is 28.3 Å². The lowest BCUT2D eigenvalue weighted by Crippen LogP contribution is -2.50. The summed E-state index contributed by atoms with van der Waals surface area (Å²) >= 11 is 0. The molecule has 0 aliphatic rings. The number of hydrogen-bond donors (Lipinski definition) is 1. The molecule has 1 atom stereocenters. The van der Waals surface area contributed by atoms with Crippen LogP contribution in [-0.2, 0) is 14.8 Å². The molecule has 0 fully saturated rings. The third kappa shape index (κ3) is 5.95. The highest BCUT2D eigenvalue weighted by atomic mass is 32.2. The molecule has 0 spiro atoms. The summed E-state index contributed by atoms with van der Waals surface area (Å²) in [6.07, 6.45) is 1.28. The van der Waals surface area contributed by atoms with Crippen molar-refractivity contribution in [2.45, 2.75) is 26.3 Å². The highest BCUT2D eigenvalue weighted by Gasteiger charge is 2.31. The minimum atomic E-state index is -3.75. The van der Waals surface area contributed by atoms with E-state index in [4.69, 9.17) is 4.74 Å². The predicted molar refractivity (Wildman–Crippen MR) is 107 cm³/mol. The van der Waals surface area contributed by atoms with Crippen LogP contribution in [0, 0.1) is 12.7 Å². The van der Waals surface area contributed by atoms with Gasteiger partial charge in [0.15, 0.2) is 0 Å². The largest absolute Gasteiger partial charge is 0.492 e. The summed E-state index contributed by atoms with van der Waals surface area (Å²) in [6.45, 7) is 4.17. The SMILES string of the molecule is CC[C@@H](C(=O)NCCOc1ccc(C)cc1)N(c1ccc(F)cc1)S(C)(=O)=O. The monoisotopic (exact) mass is 408 g/mol. The van der Waals surface area contributed by atoms with Gasteiger partial charge in [-0.2, -0.15) is 0 Å². The van der Waals surface area contributed by atoms with Crippen molar-refractivity contribution in [2.75, 3.05) is 23.7 Å². The Morgan fingerprint density at radius 2 is 1.75 bits per heavy atom. The Labute approximate surface area is 165 Å². The van der Waals surface area contributed by atoms with Crippen molar-refractivity contribution in [2.24, 2.45) is 0 Å². The van der Waals surface area contributed by atoms with E-state index in [1.807, 2.05) is 31.2 Å². The molecule has 0 aliphatic carbocycles. The molecule has 8 heteroatoms. The smallest absolute Gasteiger partial charge is 0.244 e. The zero-order valence-electron chi connectivity index (χ0n) is 16.2. The molecule has 0 aliphatic heterocycles. The standard InChI is InChI=1S/C20H25FN2O4S/c1-4-19(23(28(3,25)26)17-9-7-16(21)8-10-17)20(24)22-13-14-27-18-11-5-15(2)6-12-18/h5-12,19H,4,13-14H2,1-3H3,(H,22,24)/t19-/m0/s1. The lowest BCUT2D eigenvalue weighted by atomic mass is 10.2. The van der Waals surface area contributed by atoms with Crippen molar-refractivity contribution in [3.63, 3.8) is 0 Å². The number of rotatable bonds is 9. The predicted octanol–water partition coefficient (Wildman–Crippen LogP) is 2.87. The first kappa shape index (κ1) is 21.7. The van der Waals surface area contributed by atoms with E-state index in [-0.39, 0.29) is 25.3 Å². The van der Waals surface area contributed by atoms with Crippen LogP contribution in [0.1, 0.15) is 18.9 Å². The van der Waals surface area contributed by atoms with Crippen LogP contribution < -0.4 is 14.4 Å². The molecular formula is C20H25FN2O4S. The average Bonchev–Trinajstić information content (AvgIpc) is 2.64. The van der Waals surface area contributed by atoms with Crippen molar-refractivity contribution < 1.29 is 22.3 Å². The molecule has 2 aromatic carbocycles. The Morgan fingerprint density at radius 3 is 2.29 bits per heavy atom. The fourth-order valence-electron chi connectivity index (χ4n) is 2.74. The fraction of sp³-hybridized carbons (Fsp3) is 0.350. The van der Waals surface area contributed by atoms with Crippen LogP contribution in [0.3, 0.4) is 0 Å². The molecular weight excluding hydrogens is 383 g/mol. The van der Waals surface area contributed by atoms with E-state index in [2.05, 4.69) is 5.32 Å². The highest BCUT2D eigenvalue weighted by Crippen LogP contribution is 2.22. The number of ether oxygens (including phenoxy) is 1. The zero-order chi connectivity index (χ0) is 20.7. The van der Waals surface area contributed by atoms with Crippen molar-refractivity contribution in [3.8, 4) is 5.75 Å². The first-order chi connectivity index (χ1) is 13.2. The third-order valence-electron chi connectivity index (χ3n) is 4.10. The second-order valence-electron chi connectivity index (χ2n) is 6.41. The maximum absolute atomic E-state index is 13.2. The molecule has 152 valence electrons. The van der Waals surface area contributed by atoms with Gasteiger partial charge in [0.05, 0.1) is 18.5 Å². The lowest BCUT2D eigenvalue weighted by molar-refractivity contribution is -0.122. The highest BCUT2D eigenvalue weighted by molar-refractivity contribution is 7.92. The number of aryl methyl sites for hydroxylation is 1. The van der Waals surface area contributed by atoms with Gasteiger partial charge in [-0.1, -0.05) is 24.6 Å². The maximum atomic E-state index is 13.2. The van der Waals surface area contributed by atoms with Gasteiger partial charge in [0.2, 0.25) is 15.9 Å². The van der Waals surface area contributed by atoms with E-state index in [9.17, 15) is 17.6 Å². The number of hydrogen-bond acceptors (Lipinski definition) is 4. The lowest BCUT2D eigenvalue weighted by Gasteiger charge is -2.30. The number of anilines is 1. The fourth-order valence-corrected chi connectivity index (χ4v) is 3.96. The van der Waals surface area contributed by atoms with Crippen molar-refractivity contribution in [3.05, 3.63) is 59.9 Å². The molecule has 1 amide bonds. The number of nitrogens with one attached hydrogen (secondary N) is 1. The third-order valence-corrected chi connectivity index (χ3v) is 5.28. The molecule has 0 aromatic heterocycles. The van der Waals surface area contributed by atoms with Crippen LogP contribution >= 0.6 is 0 Å². The molecule has 0 heterocycles. The number of amides is 1. The number of halogens is 1. The summed E-state index contributed by atoms with van der Waals surface area (Å²) in [5.74, 6) is -0.233. The van der Waals surface area contributed by atoms with Crippen molar-refractivity contribution >= 4 is 21.6 Å². The van der Waals surface area contributed by atoms with Gasteiger partial charge in [-0.3, -0.25) is 9.10 Å². The van der Waals surface area contributed by atoms with Gasteiger partial charge in [0.1, 0.15) is 24.2 Å². The summed E-state index contributed by atoms with van der Waals surface area (Å²) in [5, 5.41) is 2.70. The maximum Gasteiger partial charge on any atom is 0.244 e. The zero-order valence-corrected chi connectivity index (χ0v) is 17.0. The Hall–Kier alpha value is -2.61. The minimum Gasteiger partial charge on any atom is -0.492 e. The van der Waals surface area contributed by atoms with Gasteiger partial charge in [0, 0.05) is 0 Å². The minimum absolute atomic E-state index is 0.226. The topological polar surface area (TPSA) is 75.7 Å². The van der Waals surface area contributed by atoms with Crippen LogP contribution in [0.2, 0.25) is 0 Å². The molecule has 6 nitrogen and oxygen atoms in total. The summed E-state index contributed by atoms with van der Waals surface area (Å²) < 4.78 is 44.4. The molecule has 0 unspecified atom stereocenters. The summed E-state index contributed by atoms with van der Waals surface area (Å²) in [5.41, 5.74) is 1.36. The van der Waals surface area contributed by atoms with Gasteiger partial charge < -0.3 is 10.1 Å². The second kappa shape index (κ2) is 9.54. The second-order valence-corrected chi connectivity index (χ2v) is 8.27. The first-order valence-electron chi connectivity index (χ1n) is 8.94. The van der Waals surface area contributed by atoms with Crippen LogP contribution in [0.25, 0.3) is 0 Å². The van der Waals surface area contributed by atoms with Crippen molar-refractivity contribution in [1.29, 1.82) is 0 Å². The number of carbonyl (C=O) groups excluding carboxylic acids is 1. The number of sulfonamides is 1. The molecule has 0 bridgehead atoms. The molecule has 0 saturated heterocycles. The molecule has 28 heavy (non-hydrogen) atoms. The molecule has 2 aromatic rings. The van der Waals surface area contributed by atoms with Gasteiger partial charge >= 0.3 is 0 Å². The Bertz CT molecular complexity index is 883. The van der Waals surface area contributed by atoms with E-state index >= 15 is 0 Å². The van der Waals surface area contributed by atoms with Gasteiger partial charge in [-0.05, 0) is 49.7 Å². The Kier molecular flexibility index (Phi) is 7.39. The van der Waals surface area contributed by atoms with Crippen LogP contribution in [-0.4, -0.2) is 39.8 Å². The Morgan fingerprint density at radius 1 is 1.14 bits per heavy atom. The van der Waals surface area contributed by atoms with Crippen LogP contribution in [0.4, 0.5) is 10.1 Å². The van der Waals surface area contributed by atoms with Crippen LogP contribution in [0.5, 0.6) is 5.75 Å². The van der Waals surface area contributed by atoms with Gasteiger partial charge in [0.25, 0.3) is 0 Å². The number of nitrogens with zero attached hydrogens (tertiary/aromatic N) is 1. The summed E-state index contributed by atoms with van der Waals surface area (Å²) in [6, 6.07) is 11.6. The van der Waals surface area contributed by atoms with E-state index in [1.165, 1.54) is 12.1 Å². The van der Waals surface area contributed by atoms with Gasteiger partial charge in [-0.25, -0.2) is 12.8 Å². The van der Waals surface area contributed by atoms with E-state index in [1.54, 1.807) is 6.92 Å². The molecule has 1 N–H and O–H groups in total. The van der Waals surface area contributed by atoms with E-state index < -0.39 is 27.8 Å². The number of carbonyl (C=O) groups is 1. The van der Waals surface area contributed by atoms with Gasteiger partial charge in [-0.15, -0.1) is 0 Å². The van der Waals surface area contributed by atoms with Crippen LogP contribution in [0.15, 0.2) is 48.5 Å². The quantitative estimate of drug-likeness (QED) is 0.648. The van der Waals surface area contributed by atoms with E-state index in [0.29, 0.717) is 5.75 Å². The molecule has 0 saturated carbocycles. The summed E-state index contributed by atoms with van der Waals surface area (Å²) in [4.78, 5) is 12.6. The molecule has 0 radical (unpaired) electrons. The Balaban J connectivity index is 2.02.